The Balaban J connectivity index is 2.13. The molecule has 0 aromatic rings. The van der Waals surface area contributed by atoms with Crippen molar-refractivity contribution in [2.75, 3.05) is 29.6 Å². The van der Waals surface area contributed by atoms with Crippen molar-refractivity contribution in [3.05, 3.63) is 0 Å². The second kappa shape index (κ2) is 5.85. The highest BCUT2D eigenvalue weighted by molar-refractivity contribution is 7.99. The average molecular weight is 321 g/mol. The van der Waals surface area contributed by atoms with Gasteiger partial charge in [0, 0.05) is 17.8 Å². The molecule has 0 saturated carbocycles. The second-order valence-corrected chi connectivity index (χ2v) is 9.92. The molecule has 2 heterocycles. The lowest BCUT2D eigenvalue weighted by Crippen LogP contribution is -2.51. The van der Waals surface area contributed by atoms with Crippen molar-refractivity contribution in [1.82, 2.24) is 4.90 Å². The predicted octanol–water partition coefficient (Wildman–Crippen LogP) is 1.09. The van der Waals surface area contributed by atoms with E-state index in [1.165, 1.54) is 0 Å². The van der Waals surface area contributed by atoms with E-state index in [4.69, 9.17) is 5.11 Å². The second-order valence-electron chi connectivity index (χ2n) is 6.66. The molecule has 0 aromatic heterocycles. The van der Waals surface area contributed by atoms with Crippen LogP contribution in [0.2, 0.25) is 0 Å². The van der Waals surface area contributed by atoms with Crippen LogP contribution < -0.4 is 0 Å². The van der Waals surface area contributed by atoms with Crippen LogP contribution in [0.1, 0.15) is 26.7 Å². The topological polar surface area (TPSA) is 74.7 Å². The molecule has 0 bridgehead atoms. The van der Waals surface area contributed by atoms with Gasteiger partial charge < -0.3 is 5.11 Å². The Hall–Kier alpha value is -0.270. The van der Waals surface area contributed by atoms with Crippen molar-refractivity contribution in [1.29, 1.82) is 0 Å². The Labute approximate surface area is 125 Å². The van der Waals surface area contributed by atoms with E-state index >= 15 is 0 Å². The quantitative estimate of drug-likeness (QED) is 0.835. The fourth-order valence-electron chi connectivity index (χ4n) is 3.19. The van der Waals surface area contributed by atoms with Crippen LogP contribution >= 0.6 is 11.8 Å². The van der Waals surface area contributed by atoms with Gasteiger partial charge in [-0.2, -0.15) is 11.8 Å². The molecule has 0 aromatic carbocycles. The lowest BCUT2D eigenvalue weighted by molar-refractivity contribution is -0.139. The molecule has 2 saturated heterocycles. The Morgan fingerprint density at radius 2 is 2.10 bits per heavy atom. The number of rotatable bonds is 4. The van der Waals surface area contributed by atoms with Gasteiger partial charge in [0.2, 0.25) is 0 Å². The molecular formula is C13H23NO4S2. The van der Waals surface area contributed by atoms with E-state index < -0.39 is 15.8 Å². The maximum atomic E-state index is 11.7. The number of carbonyl (C=O) groups is 1. The van der Waals surface area contributed by atoms with Gasteiger partial charge in [0.15, 0.2) is 9.84 Å². The largest absolute Gasteiger partial charge is 0.480 e. The van der Waals surface area contributed by atoms with Gasteiger partial charge >= 0.3 is 5.97 Å². The monoisotopic (exact) mass is 321 g/mol. The Bertz CT molecular complexity index is 475. The third kappa shape index (κ3) is 4.11. The van der Waals surface area contributed by atoms with Crippen LogP contribution in [-0.4, -0.2) is 66.0 Å². The number of carboxylic acids is 1. The first-order valence-electron chi connectivity index (χ1n) is 6.94. The summed E-state index contributed by atoms with van der Waals surface area (Å²) in [5.74, 6) is 1.40. The molecule has 116 valence electrons. The number of hydrogen-bond donors (Lipinski definition) is 1. The van der Waals surface area contributed by atoms with Crippen molar-refractivity contribution >= 4 is 27.6 Å². The highest BCUT2D eigenvalue weighted by Crippen LogP contribution is 2.37. The lowest BCUT2D eigenvalue weighted by Gasteiger charge is -2.42. The normalized spacial score (nSPS) is 32.4. The van der Waals surface area contributed by atoms with Crippen LogP contribution in [0.5, 0.6) is 0 Å². The summed E-state index contributed by atoms with van der Waals surface area (Å²) < 4.78 is 23.3. The molecule has 2 atom stereocenters. The smallest absolute Gasteiger partial charge is 0.317 e. The van der Waals surface area contributed by atoms with Crippen molar-refractivity contribution in [3.63, 3.8) is 0 Å². The molecule has 0 radical (unpaired) electrons. The minimum Gasteiger partial charge on any atom is -0.480 e. The van der Waals surface area contributed by atoms with Crippen LogP contribution in [0.25, 0.3) is 0 Å². The van der Waals surface area contributed by atoms with Gasteiger partial charge in [-0.25, -0.2) is 8.42 Å². The first kappa shape index (κ1) is 16.1. The minimum atomic E-state index is -2.99. The summed E-state index contributed by atoms with van der Waals surface area (Å²) >= 11 is 1.84. The van der Waals surface area contributed by atoms with E-state index in [2.05, 4.69) is 13.8 Å². The SMILES string of the molecule is CC1(C)CSCC(N(CC(=O)O)C2CCS(=O)(=O)C2)C1. The van der Waals surface area contributed by atoms with Gasteiger partial charge in [-0.1, -0.05) is 13.8 Å². The highest BCUT2D eigenvalue weighted by Gasteiger charge is 2.39. The number of hydrogen-bond acceptors (Lipinski definition) is 5. The van der Waals surface area contributed by atoms with E-state index in [0.29, 0.717) is 6.42 Å². The summed E-state index contributed by atoms with van der Waals surface area (Å²) in [5, 5.41) is 9.14. The fourth-order valence-corrected chi connectivity index (χ4v) is 6.30. The number of sulfone groups is 1. The third-order valence-electron chi connectivity index (χ3n) is 4.06. The van der Waals surface area contributed by atoms with E-state index in [-0.39, 0.29) is 35.5 Å². The van der Waals surface area contributed by atoms with Crippen LogP contribution in [0.4, 0.5) is 0 Å². The first-order chi connectivity index (χ1) is 9.19. The zero-order valence-corrected chi connectivity index (χ0v) is 13.7. The van der Waals surface area contributed by atoms with Crippen LogP contribution in [0, 0.1) is 5.41 Å². The third-order valence-corrected chi connectivity index (χ3v) is 7.41. The summed E-state index contributed by atoms with van der Waals surface area (Å²) in [6, 6.07) is 0.0359. The van der Waals surface area contributed by atoms with Crippen LogP contribution in [0.3, 0.4) is 0 Å². The molecule has 20 heavy (non-hydrogen) atoms. The molecule has 2 rings (SSSR count). The molecule has 5 nitrogen and oxygen atoms in total. The molecule has 1 N–H and O–H groups in total. The first-order valence-corrected chi connectivity index (χ1v) is 9.92. The minimum absolute atomic E-state index is 0.0541. The number of carboxylic acid groups (broad SMARTS) is 1. The van der Waals surface area contributed by atoms with Crippen LogP contribution in [0.15, 0.2) is 0 Å². The van der Waals surface area contributed by atoms with Gasteiger partial charge in [0.1, 0.15) is 0 Å². The highest BCUT2D eigenvalue weighted by atomic mass is 32.2. The summed E-state index contributed by atoms with van der Waals surface area (Å²) in [6.07, 6.45) is 1.50. The average Bonchev–Trinajstić information content (AvgIpc) is 2.65. The van der Waals surface area contributed by atoms with Gasteiger partial charge in [-0.15, -0.1) is 0 Å². The maximum absolute atomic E-state index is 11.7. The maximum Gasteiger partial charge on any atom is 0.317 e. The van der Waals surface area contributed by atoms with E-state index in [1.807, 2.05) is 16.7 Å². The molecule has 2 unspecified atom stereocenters. The molecule has 0 aliphatic carbocycles. The van der Waals surface area contributed by atoms with E-state index in [1.54, 1.807) is 0 Å². The van der Waals surface area contributed by atoms with Gasteiger partial charge in [0.25, 0.3) is 0 Å². The number of thioether (sulfide) groups is 1. The summed E-state index contributed by atoms with van der Waals surface area (Å²) in [4.78, 5) is 13.1. The molecule has 2 aliphatic heterocycles. The van der Waals surface area contributed by atoms with Crippen molar-refractivity contribution < 1.29 is 18.3 Å². The zero-order chi connectivity index (χ0) is 15.0. The summed E-state index contributed by atoms with van der Waals surface area (Å²) in [6.45, 7) is 4.33. The standard InChI is InChI=1S/C13H23NO4S2/c1-13(2)5-11(7-19-9-13)14(6-12(15)16)10-3-4-20(17,18)8-10/h10-11H,3-9H2,1-2H3,(H,15,16). The van der Waals surface area contributed by atoms with E-state index in [9.17, 15) is 13.2 Å². The molecule has 0 amide bonds. The van der Waals surface area contributed by atoms with Crippen molar-refractivity contribution in [3.8, 4) is 0 Å². The van der Waals surface area contributed by atoms with Gasteiger partial charge in [-0.3, -0.25) is 9.69 Å². The van der Waals surface area contributed by atoms with Gasteiger partial charge in [-0.05, 0) is 24.0 Å². The number of nitrogens with zero attached hydrogens (tertiary/aromatic N) is 1. The summed E-state index contributed by atoms with van der Waals surface area (Å²) in [5.41, 5.74) is 0.182. The van der Waals surface area contributed by atoms with Crippen molar-refractivity contribution in [2.45, 2.75) is 38.8 Å². The molecule has 2 aliphatic rings. The van der Waals surface area contributed by atoms with Gasteiger partial charge in [0.05, 0.1) is 18.1 Å². The molecule has 2 fully saturated rings. The number of aliphatic carboxylic acids is 1. The Morgan fingerprint density at radius 1 is 1.40 bits per heavy atom. The fraction of sp³-hybridized carbons (Fsp3) is 0.923. The van der Waals surface area contributed by atoms with E-state index in [0.717, 1.165) is 17.9 Å². The predicted molar refractivity (Wildman–Crippen MR) is 80.9 cm³/mol. The zero-order valence-electron chi connectivity index (χ0n) is 12.0. The summed E-state index contributed by atoms with van der Waals surface area (Å²) in [7, 11) is -2.99. The lowest BCUT2D eigenvalue weighted by atomic mass is 9.86. The van der Waals surface area contributed by atoms with Crippen molar-refractivity contribution in [2.24, 2.45) is 5.41 Å². The molecule has 0 spiro atoms. The molecular weight excluding hydrogens is 298 g/mol. The van der Waals surface area contributed by atoms with Crippen LogP contribution in [-0.2, 0) is 14.6 Å². The Morgan fingerprint density at radius 3 is 2.60 bits per heavy atom. The Kier molecular flexibility index (Phi) is 4.71. The molecule has 7 heteroatoms.